The molecule has 172 valence electrons. The lowest BCUT2D eigenvalue weighted by molar-refractivity contribution is -0.140. The van der Waals surface area contributed by atoms with E-state index in [1.807, 2.05) is 91.9 Å². The van der Waals surface area contributed by atoms with Gasteiger partial charge in [0.25, 0.3) is 0 Å². The molecule has 3 rings (SSSR count). The van der Waals surface area contributed by atoms with E-state index in [2.05, 4.69) is 12.2 Å². The number of hydrogen-bond acceptors (Lipinski definition) is 2. The number of nitrogens with one attached hydrogen (secondary N) is 1. The molecular weight excluding hydrogens is 408 g/mol. The Kier molecular flexibility index (Phi) is 9.25. The molecular formula is C29H34N2O2. The lowest BCUT2D eigenvalue weighted by atomic mass is 10.0. The van der Waals surface area contributed by atoms with Crippen LogP contribution in [0.2, 0.25) is 0 Å². The maximum atomic E-state index is 13.6. The van der Waals surface area contributed by atoms with Gasteiger partial charge in [0, 0.05) is 19.5 Å². The highest BCUT2D eigenvalue weighted by Crippen LogP contribution is 2.17. The van der Waals surface area contributed by atoms with E-state index in [-0.39, 0.29) is 18.2 Å². The van der Waals surface area contributed by atoms with Crippen molar-refractivity contribution >= 4 is 11.8 Å². The van der Waals surface area contributed by atoms with Crippen LogP contribution in [-0.2, 0) is 29.0 Å². The third kappa shape index (κ3) is 7.60. The van der Waals surface area contributed by atoms with Gasteiger partial charge in [-0.3, -0.25) is 9.59 Å². The van der Waals surface area contributed by atoms with Gasteiger partial charge in [-0.25, -0.2) is 0 Å². The van der Waals surface area contributed by atoms with Crippen molar-refractivity contribution in [1.82, 2.24) is 10.2 Å². The fraction of sp³-hybridized carbons (Fsp3) is 0.310. The smallest absolute Gasteiger partial charge is 0.243 e. The molecule has 3 aromatic rings. The lowest BCUT2D eigenvalue weighted by Gasteiger charge is -2.32. The van der Waals surface area contributed by atoms with E-state index in [9.17, 15) is 9.59 Å². The summed E-state index contributed by atoms with van der Waals surface area (Å²) >= 11 is 0. The Bertz CT molecular complexity index is 1000. The van der Waals surface area contributed by atoms with Crippen molar-refractivity contribution in [3.05, 3.63) is 107 Å². The zero-order valence-corrected chi connectivity index (χ0v) is 19.7. The van der Waals surface area contributed by atoms with Gasteiger partial charge in [0.15, 0.2) is 0 Å². The first kappa shape index (κ1) is 24.2. The van der Waals surface area contributed by atoms with Crippen molar-refractivity contribution in [2.75, 3.05) is 6.54 Å². The summed E-state index contributed by atoms with van der Waals surface area (Å²) in [6, 6.07) is 27.2. The van der Waals surface area contributed by atoms with Gasteiger partial charge >= 0.3 is 0 Å². The molecule has 1 unspecified atom stereocenters. The van der Waals surface area contributed by atoms with Crippen molar-refractivity contribution < 1.29 is 9.59 Å². The molecule has 33 heavy (non-hydrogen) atoms. The number of rotatable bonds is 11. The molecule has 0 saturated carbocycles. The fourth-order valence-electron chi connectivity index (χ4n) is 3.82. The Balaban J connectivity index is 1.91. The standard InChI is InChI=1S/C29H34N2O2/c1-3-4-19-30-29(33)27(20-24-11-7-5-8-12-24)31(22-26-17-15-23(2)16-18-26)28(32)21-25-13-9-6-10-14-25/h5-18,27H,3-4,19-22H2,1-2H3,(H,30,33). The molecule has 3 aromatic carbocycles. The highest BCUT2D eigenvalue weighted by atomic mass is 16.2. The average molecular weight is 443 g/mol. The highest BCUT2D eigenvalue weighted by molar-refractivity contribution is 5.88. The third-order valence-electron chi connectivity index (χ3n) is 5.77. The van der Waals surface area contributed by atoms with E-state index in [0.29, 0.717) is 19.5 Å². The second kappa shape index (κ2) is 12.6. The maximum absolute atomic E-state index is 13.6. The molecule has 0 aliphatic rings. The van der Waals surface area contributed by atoms with E-state index >= 15 is 0 Å². The Labute approximate surface area is 197 Å². The van der Waals surface area contributed by atoms with E-state index in [0.717, 1.165) is 29.5 Å². The molecule has 0 saturated heterocycles. The van der Waals surface area contributed by atoms with Gasteiger partial charge in [0.05, 0.1) is 6.42 Å². The summed E-state index contributed by atoms with van der Waals surface area (Å²) < 4.78 is 0. The maximum Gasteiger partial charge on any atom is 0.243 e. The van der Waals surface area contributed by atoms with Crippen molar-refractivity contribution in [1.29, 1.82) is 0 Å². The molecule has 0 spiro atoms. The average Bonchev–Trinajstić information content (AvgIpc) is 2.84. The number of benzene rings is 3. The Morgan fingerprint density at radius 1 is 0.818 bits per heavy atom. The van der Waals surface area contributed by atoms with Crippen LogP contribution >= 0.6 is 0 Å². The molecule has 0 heterocycles. The van der Waals surface area contributed by atoms with Gasteiger partial charge in [-0.2, -0.15) is 0 Å². The molecule has 0 radical (unpaired) electrons. The van der Waals surface area contributed by atoms with E-state index in [4.69, 9.17) is 0 Å². The van der Waals surface area contributed by atoms with Crippen LogP contribution in [0.1, 0.15) is 42.0 Å². The summed E-state index contributed by atoms with van der Waals surface area (Å²) in [6.45, 7) is 5.15. The van der Waals surface area contributed by atoms with Gasteiger partial charge in [-0.15, -0.1) is 0 Å². The zero-order valence-electron chi connectivity index (χ0n) is 19.7. The number of hydrogen-bond donors (Lipinski definition) is 1. The number of carbonyl (C=O) groups is 2. The summed E-state index contributed by atoms with van der Waals surface area (Å²) in [4.78, 5) is 28.7. The molecule has 0 bridgehead atoms. The van der Waals surface area contributed by atoms with Gasteiger partial charge in [0.2, 0.25) is 11.8 Å². The summed E-state index contributed by atoms with van der Waals surface area (Å²) in [6.07, 6.45) is 2.66. The molecule has 0 aromatic heterocycles. The molecule has 1 N–H and O–H groups in total. The molecule has 4 heteroatoms. The summed E-state index contributed by atoms with van der Waals surface area (Å²) in [7, 11) is 0. The molecule has 0 aliphatic heterocycles. The second-order valence-corrected chi connectivity index (χ2v) is 8.52. The van der Waals surface area contributed by atoms with Crippen LogP contribution in [0.5, 0.6) is 0 Å². The van der Waals surface area contributed by atoms with Crippen molar-refractivity contribution in [2.45, 2.75) is 52.1 Å². The van der Waals surface area contributed by atoms with Crippen LogP contribution in [0, 0.1) is 6.92 Å². The first-order chi connectivity index (χ1) is 16.1. The first-order valence-electron chi connectivity index (χ1n) is 11.8. The number of carbonyl (C=O) groups excluding carboxylic acids is 2. The number of unbranched alkanes of at least 4 members (excludes halogenated alkanes) is 1. The van der Waals surface area contributed by atoms with Crippen molar-refractivity contribution in [3.63, 3.8) is 0 Å². The number of nitrogens with zero attached hydrogens (tertiary/aromatic N) is 1. The zero-order chi connectivity index (χ0) is 23.5. The van der Waals surface area contributed by atoms with Gasteiger partial charge in [-0.1, -0.05) is 104 Å². The van der Waals surface area contributed by atoms with E-state index in [1.165, 1.54) is 5.56 Å². The minimum absolute atomic E-state index is 0.0478. The topological polar surface area (TPSA) is 49.4 Å². The SMILES string of the molecule is CCCCNC(=O)C(Cc1ccccc1)N(Cc1ccc(C)cc1)C(=O)Cc1ccccc1. The number of aryl methyl sites for hydroxylation is 1. The number of amides is 2. The molecule has 4 nitrogen and oxygen atoms in total. The van der Waals surface area contributed by atoms with Gasteiger partial charge in [0.1, 0.15) is 6.04 Å². The van der Waals surface area contributed by atoms with Gasteiger partial charge in [-0.05, 0) is 30.0 Å². The summed E-state index contributed by atoms with van der Waals surface area (Å²) in [5.74, 6) is -0.144. The van der Waals surface area contributed by atoms with Crippen LogP contribution in [0.3, 0.4) is 0 Å². The minimum Gasteiger partial charge on any atom is -0.354 e. The Hall–Kier alpha value is -3.40. The molecule has 0 fully saturated rings. The largest absolute Gasteiger partial charge is 0.354 e. The van der Waals surface area contributed by atoms with E-state index < -0.39 is 6.04 Å². The summed E-state index contributed by atoms with van der Waals surface area (Å²) in [5.41, 5.74) is 4.16. The fourth-order valence-corrected chi connectivity index (χ4v) is 3.82. The van der Waals surface area contributed by atoms with E-state index in [1.54, 1.807) is 4.90 Å². The molecule has 1 atom stereocenters. The minimum atomic E-state index is -0.582. The predicted octanol–water partition coefficient (Wildman–Crippen LogP) is 5.09. The summed E-state index contributed by atoms with van der Waals surface area (Å²) in [5, 5.41) is 3.07. The lowest BCUT2D eigenvalue weighted by Crippen LogP contribution is -2.51. The first-order valence-corrected chi connectivity index (χ1v) is 11.8. The van der Waals surface area contributed by atoms with Crippen LogP contribution in [-0.4, -0.2) is 29.3 Å². The predicted molar refractivity (Wildman–Crippen MR) is 134 cm³/mol. The van der Waals surface area contributed by atoms with Crippen molar-refractivity contribution in [2.24, 2.45) is 0 Å². The van der Waals surface area contributed by atoms with Crippen LogP contribution in [0.15, 0.2) is 84.9 Å². The Morgan fingerprint density at radius 2 is 1.42 bits per heavy atom. The third-order valence-corrected chi connectivity index (χ3v) is 5.77. The normalized spacial score (nSPS) is 11.6. The highest BCUT2D eigenvalue weighted by Gasteiger charge is 2.30. The monoisotopic (exact) mass is 442 g/mol. The van der Waals surface area contributed by atoms with Gasteiger partial charge < -0.3 is 10.2 Å². The van der Waals surface area contributed by atoms with Crippen LogP contribution < -0.4 is 5.32 Å². The van der Waals surface area contributed by atoms with Crippen molar-refractivity contribution in [3.8, 4) is 0 Å². The Morgan fingerprint density at radius 3 is 2.03 bits per heavy atom. The molecule has 2 amide bonds. The van der Waals surface area contributed by atoms with Crippen LogP contribution in [0.25, 0.3) is 0 Å². The molecule has 0 aliphatic carbocycles. The van der Waals surface area contributed by atoms with Crippen LogP contribution in [0.4, 0.5) is 0 Å². The second-order valence-electron chi connectivity index (χ2n) is 8.52. The quantitative estimate of drug-likeness (QED) is 0.420.